The highest BCUT2D eigenvalue weighted by Gasteiger charge is 2.25. The van der Waals surface area contributed by atoms with Crippen molar-refractivity contribution in [2.24, 2.45) is 0 Å². The van der Waals surface area contributed by atoms with E-state index in [2.05, 4.69) is 5.32 Å². The maximum Gasteiger partial charge on any atom is 0.264 e. The first kappa shape index (κ1) is 26.0. The van der Waals surface area contributed by atoms with Crippen molar-refractivity contribution >= 4 is 27.3 Å². The monoisotopic (exact) mass is 514 g/mol. The molecule has 0 saturated carbocycles. The number of sulfonamides is 1. The summed E-state index contributed by atoms with van der Waals surface area (Å²) in [5, 5.41) is 2.87. The number of hydrogen-bond donors (Lipinski definition) is 1. The Morgan fingerprint density at radius 1 is 0.811 bits per heavy atom. The largest absolute Gasteiger partial charge is 0.484 e. The van der Waals surface area contributed by atoms with Crippen molar-refractivity contribution in [3.05, 3.63) is 119 Å². The van der Waals surface area contributed by atoms with Crippen molar-refractivity contribution in [2.45, 2.75) is 32.2 Å². The lowest BCUT2D eigenvalue weighted by atomic mass is 10.1. The van der Waals surface area contributed by atoms with Crippen LogP contribution in [0.1, 0.15) is 22.3 Å². The minimum atomic E-state index is -3.82. The van der Waals surface area contributed by atoms with Crippen LogP contribution < -0.4 is 14.4 Å². The number of carbonyl (C=O) groups is 1. The highest BCUT2D eigenvalue weighted by molar-refractivity contribution is 7.92. The van der Waals surface area contributed by atoms with Crippen molar-refractivity contribution in [3.63, 3.8) is 0 Å². The van der Waals surface area contributed by atoms with E-state index < -0.39 is 10.0 Å². The Hall–Kier alpha value is -4.10. The van der Waals surface area contributed by atoms with E-state index in [1.54, 1.807) is 48.5 Å². The molecule has 0 saturated heterocycles. The lowest BCUT2D eigenvalue weighted by Crippen LogP contribution is -2.30. The summed E-state index contributed by atoms with van der Waals surface area (Å²) in [6, 6.07) is 28.7. The highest BCUT2D eigenvalue weighted by atomic mass is 32.2. The van der Waals surface area contributed by atoms with Gasteiger partial charge in [-0.3, -0.25) is 9.10 Å². The number of anilines is 2. The van der Waals surface area contributed by atoms with Crippen molar-refractivity contribution in [1.29, 1.82) is 0 Å². The zero-order valence-electron chi connectivity index (χ0n) is 21.1. The van der Waals surface area contributed by atoms with Gasteiger partial charge in [-0.25, -0.2) is 8.42 Å². The van der Waals surface area contributed by atoms with E-state index in [-0.39, 0.29) is 24.0 Å². The number of rotatable bonds is 9. The molecule has 0 fully saturated rings. The van der Waals surface area contributed by atoms with Crippen LogP contribution in [0.3, 0.4) is 0 Å². The van der Waals surface area contributed by atoms with Gasteiger partial charge in [-0.15, -0.1) is 0 Å². The molecule has 0 unspecified atom stereocenters. The van der Waals surface area contributed by atoms with E-state index in [4.69, 9.17) is 4.74 Å². The highest BCUT2D eigenvalue weighted by Crippen LogP contribution is 2.28. The van der Waals surface area contributed by atoms with Gasteiger partial charge in [-0.2, -0.15) is 0 Å². The molecule has 0 heterocycles. The van der Waals surface area contributed by atoms with Gasteiger partial charge in [0.15, 0.2) is 6.61 Å². The lowest BCUT2D eigenvalue weighted by Gasteiger charge is -2.25. The number of carbonyl (C=O) groups excluding carboxylic acids is 1. The summed E-state index contributed by atoms with van der Waals surface area (Å²) in [7, 11) is -3.82. The molecule has 1 amide bonds. The van der Waals surface area contributed by atoms with Crippen LogP contribution in [0.4, 0.5) is 11.4 Å². The standard InChI is InChI=1S/C30H30N2O4S/c1-22-12-18-28(19-13-22)37(34,35)32(20-25-9-5-4-6-10-25)26-14-16-27(17-15-26)36-21-30(33)31-29-11-7-8-23(2)24(29)3/h4-19H,20-21H2,1-3H3,(H,31,33). The first-order chi connectivity index (χ1) is 17.7. The molecule has 0 atom stereocenters. The maximum atomic E-state index is 13.6. The van der Waals surface area contributed by atoms with Gasteiger partial charge in [-0.05, 0) is 79.9 Å². The molecule has 0 aliphatic rings. The number of benzene rings is 4. The number of nitrogens with zero attached hydrogens (tertiary/aromatic N) is 1. The Labute approximate surface area is 218 Å². The van der Waals surface area contributed by atoms with Gasteiger partial charge >= 0.3 is 0 Å². The predicted octanol–water partition coefficient (Wildman–Crippen LogP) is 6.02. The second kappa shape index (κ2) is 11.3. The van der Waals surface area contributed by atoms with E-state index in [1.807, 2.05) is 69.3 Å². The summed E-state index contributed by atoms with van der Waals surface area (Å²) in [6.07, 6.45) is 0. The zero-order valence-corrected chi connectivity index (χ0v) is 22.0. The second-order valence-electron chi connectivity index (χ2n) is 8.89. The van der Waals surface area contributed by atoms with Gasteiger partial charge in [0.2, 0.25) is 0 Å². The van der Waals surface area contributed by atoms with Crippen LogP contribution in [0.15, 0.2) is 102 Å². The Morgan fingerprint density at radius 3 is 2.16 bits per heavy atom. The molecule has 4 aromatic carbocycles. The van der Waals surface area contributed by atoms with Crippen molar-refractivity contribution in [2.75, 3.05) is 16.2 Å². The summed E-state index contributed by atoms with van der Waals surface area (Å²) in [4.78, 5) is 12.6. The average Bonchev–Trinajstić information content (AvgIpc) is 2.90. The smallest absolute Gasteiger partial charge is 0.264 e. The predicted molar refractivity (Wildman–Crippen MR) is 147 cm³/mol. The molecule has 190 valence electrons. The maximum absolute atomic E-state index is 13.6. The fraction of sp³-hybridized carbons (Fsp3) is 0.167. The fourth-order valence-corrected chi connectivity index (χ4v) is 5.28. The fourth-order valence-electron chi connectivity index (χ4n) is 3.83. The minimum absolute atomic E-state index is 0.165. The molecule has 7 heteroatoms. The third-order valence-electron chi connectivity index (χ3n) is 6.15. The van der Waals surface area contributed by atoms with Gasteiger partial charge in [0.1, 0.15) is 5.75 Å². The molecule has 6 nitrogen and oxygen atoms in total. The molecular weight excluding hydrogens is 484 g/mol. The lowest BCUT2D eigenvalue weighted by molar-refractivity contribution is -0.118. The van der Waals surface area contributed by atoms with Crippen LogP contribution in [0.2, 0.25) is 0 Å². The Bertz CT molecular complexity index is 1470. The number of aryl methyl sites for hydroxylation is 2. The van der Waals surface area contributed by atoms with E-state index in [0.29, 0.717) is 11.4 Å². The van der Waals surface area contributed by atoms with Crippen LogP contribution in [0, 0.1) is 20.8 Å². The van der Waals surface area contributed by atoms with E-state index >= 15 is 0 Å². The van der Waals surface area contributed by atoms with Crippen LogP contribution in [-0.4, -0.2) is 20.9 Å². The summed E-state index contributed by atoms with van der Waals surface area (Å²) in [6.45, 7) is 5.87. The van der Waals surface area contributed by atoms with Crippen LogP contribution in [0.5, 0.6) is 5.75 Å². The summed E-state index contributed by atoms with van der Waals surface area (Å²) >= 11 is 0. The minimum Gasteiger partial charge on any atom is -0.484 e. The summed E-state index contributed by atoms with van der Waals surface area (Å²) < 4.78 is 34.3. The molecule has 37 heavy (non-hydrogen) atoms. The Balaban J connectivity index is 1.51. The molecule has 0 aliphatic heterocycles. The SMILES string of the molecule is Cc1ccc(S(=O)(=O)N(Cc2ccccc2)c2ccc(OCC(=O)Nc3cccc(C)c3C)cc2)cc1. The number of hydrogen-bond acceptors (Lipinski definition) is 4. The Kier molecular flexibility index (Phi) is 7.94. The van der Waals surface area contributed by atoms with Crippen molar-refractivity contribution in [1.82, 2.24) is 0 Å². The van der Waals surface area contributed by atoms with Crippen molar-refractivity contribution in [3.8, 4) is 5.75 Å². The molecule has 0 aromatic heterocycles. The number of amides is 1. The van der Waals surface area contributed by atoms with Gasteiger partial charge in [0.05, 0.1) is 17.1 Å². The molecule has 0 spiro atoms. The summed E-state index contributed by atoms with van der Waals surface area (Å²) in [5.74, 6) is 0.192. The third-order valence-corrected chi connectivity index (χ3v) is 7.94. The topological polar surface area (TPSA) is 75.7 Å². The molecule has 0 aliphatic carbocycles. The van der Waals surface area contributed by atoms with Gasteiger partial charge in [0, 0.05) is 5.69 Å². The van der Waals surface area contributed by atoms with E-state index in [1.165, 1.54) is 4.31 Å². The first-order valence-electron chi connectivity index (χ1n) is 12.0. The first-order valence-corrected chi connectivity index (χ1v) is 13.4. The third kappa shape index (κ3) is 6.37. The van der Waals surface area contributed by atoms with E-state index in [0.717, 1.165) is 27.9 Å². The number of ether oxygens (including phenoxy) is 1. The van der Waals surface area contributed by atoms with Crippen molar-refractivity contribution < 1.29 is 17.9 Å². The second-order valence-corrected chi connectivity index (χ2v) is 10.8. The summed E-state index contributed by atoms with van der Waals surface area (Å²) in [5.41, 5.74) is 5.19. The Morgan fingerprint density at radius 2 is 1.49 bits per heavy atom. The number of nitrogens with one attached hydrogen (secondary N) is 1. The molecular formula is C30H30N2O4S. The average molecular weight is 515 g/mol. The van der Waals surface area contributed by atoms with Gasteiger partial charge in [0.25, 0.3) is 15.9 Å². The van der Waals surface area contributed by atoms with Crippen LogP contribution in [-0.2, 0) is 21.4 Å². The normalized spacial score (nSPS) is 11.1. The molecule has 4 aromatic rings. The van der Waals surface area contributed by atoms with E-state index in [9.17, 15) is 13.2 Å². The molecule has 1 N–H and O–H groups in total. The molecule has 0 radical (unpaired) electrons. The van der Waals surface area contributed by atoms with Gasteiger partial charge in [-0.1, -0.05) is 60.2 Å². The van der Waals surface area contributed by atoms with Gasteiger partial charge < -0.3 is 10.1 Å². The molecule has 4 rings (SSSR count). The quantitative estimate of drug-likeness (QED) is 0.296. The zero-order chi connectivity index (χ0) is 26.4. The van der Waals surface area contributed by atoms with Crippen LogP contribution in [0.25, 0.3) is 0 Å². The molecule has 0 bridgehead atoms. The van der Waals surface area contributed by atoms with Crippen LogP contribution >= 0.6 is 0 Å².